The van der Waals surface area contributed by atoms with Crippen molar-refractivity contribution in [2.45, 2.75) is 51.3 Å². The molecule has 0 amide bonds. The average molecular weight is 652 g/mol. The minimum Gasteiger partial charge on any atom is -1.00 e. The quantitative estimate of drug-likeness (QED) is 0.167. The van der Waals surface area contributed by atoms with Gasteiger partial charge in [0.25, 0.3) is 0 Å². The van der Waals surface area contributed by atoms with Crippen molar-refractivity contribution in [3.05, 3.63) is 148 Å². The molecular weight excluding hydrogens is 615 g/mol. The Morgan fingerprint density at radius 3 is 1.29 bits per heavy atom. The van der Waals surface area contributed by atoms with Gasteiger partial charge in [-0.15, -0.1) is 0 Å². The van der Waals surface area contributed by atoms with Crippen LogP contribution in [0.15, 0.2) is 109 Å². The summed E-state index contributed by atoms with van der Waals surface area (Å²) in [4.78, 5) is 0. The molecule has 1 unspecified atom stereocenters. The van der Waals surface area contributed by atoms with Crippen molar-refractivity contribution >= 4 is 23.6 Å². The first-order valence-electron chi connectivity index (χ1n) is 13.6. The fraction of sp³-hybridized carbons (Fsp3) is 0.222. The van der Waals surface area contributed by atoms with Crippen molar-refractivity contribution in [1.29, 1.82) is 0 Å². The number of hydrogen-bond acceptors (Lipinski definition) is 0. The zero-order valence-electron chi connectivity index (χ0n) is 24.7. The molecule has 0 bridgehead atoms. The van der Waals surface area contributed by atoms with Gasteiger partial charge >= 0.3 is 243 Å². The zero-order valence-corrected chi connectivity index (χ0v) is 29.5. The summed E-state index contributed by atoms with van der Waals surface area (Å²) in [6.45, 7) is 13.5. The number of rotatable bonds is 6. The smallest absolute Gasteiger partial charge is 1.00 e. The van der Waals surface area contributed by atoms with Gasteiger partial charge in [0.2, 0.25) is 0 Å². The molecule has 0 fully saturated rings. The second-order valence-corrected chi connectivity index (χ2v) is 17.6. The summed E-state index contributed by atoms with van der Waals surface area (Å²) in [7, 11) is -2.63. The molecule has 1 aliphatic rings. The Kier molecular flexibility index (Phi) is 12.1. The molecule has 4 aromatic carbocycles. The fourth-order valence-corrected chi connectivity index (χ4v) is 14.9. The number of hydrogen-bond donors (Lipinski definition) is 0. The molecular formula is C36H37Cl3SiTi. The molecule has 0 aliphatic heterocycles. The number of allylic oxidation sites excluding steroid dienone is 4. The molecule has 0 nitrogen and oxygen atoms in total. The van der Waals surface area contributed by atoms with Gasteiger partial charge in [-0.3, -0.25) is 0 Å². The SMILES string of the molecule is Cc1cc(C)cc([Si](c2cc(C)cc(C)c2)(c2cc(C)cc(C)c2)[C]2([Ti+3])C=CC(Cc3ccccc3)=C2)c1.[Cl-].[Cl-].[Cl-]. The molecule has 210 valence electrons. The third kappa shape index (κ3) is 7.05. The first-order chi connectivity index (χ1) is 18.1. The van der Waals surface area contributed by atoms with E-state index < -0.39 is 8.07 Å². The number of benzene rings is 4. The van der Waals surface area contributed by atoms with Gasteiger partial charge in [-0.25, -0.2) is 0 Å². The molecule has 0 spiro atoms. The van der Waals surface area contributed by atoms with Gasteiger partial charge in [-0.05, 0) is 0 Å². The number of halogens is 3. The van der Waals surface area contributed by atoms with E-state index in [1.54, 1.807) is 0 Å². The zero-order chi connectivity index (χ0) is 27.1. The van der Waals surface area contributed by atoms with Crippen LogP contribution >= 0.6 is 0 Å². The van der Waals surface area contributed by atoms with Gasteiger partial charge in [0.1, 0.15) is 0 Å². The van der Waals surface area contributed by atoms with Crippen LogP contribution < -0.4 is 52.8 Å². The molecule has 4 aromatic rings. The molecule has 0 heterocycles. The number of aryl methyl sites for hydroxylation is 6. The van der Waals surface area contributed by atoms with Crippen LogP contribution in [0, 0.1) is 41.5 Å². The standard InChI is InChI=1S/C36H37Si.3ClH.Ti/c1-25-14-26(2)18-34(17-25)37(35-19-27(3)15-28(4)20-35,36-21-29(5)16-30(6)22-36)33-13-12-32(24-33)23-31-10-8-7-9-11-31;;;;/h7-22,24H,23H2,1-6H3;3*1H;/q;;;;+3/p-3. The summed E-state index contributed by atoms with van der Waals surface area (Å²) < 4.78 is -0.127. The third-order valence-electron chi connectivity index (χ3n) is 7.81. The van der Waals surface area contributed by atoms with E-state index in [9.17, 15) is 0 Å². The van der Waals surface area contributed by atoms with Crippen LogP contribution in [0.2, 0.25) is 3.34 Å². The predicted octanol–water partition coefficient (Wildman–Crippen LogP) is -2.00. The van der Waals surface area contributed by atoms with Crippen LogP contribution in [-0.2, 0) is 26.9 Å². The first kappa shape index (κ1) is 35.4. The summed E-state index contributed by atoms with van der Waals surface area (Å²) in [6.07, 6.45) is 8.51. The minimum atomic E-state index is -2.63. The average Bonchev–Trinajstić information content (AvgIpc) is 3.19. The molecule has 0 saturated carbocycles. The minimum absolute atomic E-state index is 0. The van der Waals surface area contributed by atoms with Gasteiger partial charge < -0.3 is 37.2 Å². The summed E-state index contributed by atoms with van der Waals surface area (Å²) in [5, 5.41) is 4.48. The molecule has 0 radical (unpaired) electrons. The van der Waals surface area contributed by atoms with Crippen LogP contribution in [0.3, 0.4) is 0 Å². The van der Waals surface area contributed by atoms with Crippen LogP contribution in [0.25, 0.3) is 0 Å². The normalized spacial score (nSPS) is 15.9. The van der Waals surface area contributed by atoms with Gasteiger partial charge in [0, 0.05) is 0 Å². The molecule has 0 saturated heterocycles. The Morgan fingerprint density at radius 2 is 0.927 bits per heavy atom. The second kappa shape index (κ2) is 14.1. The molecule has 41 heavy (non-hydrogen) atoms. The topological polar surface area (TPSA) is 0 Å². The van der Waals surface area contributed by atoms with E-state index in [1.165, 1.54) is 60.1 Å². The predicted molar refractivity (Wildman–Crippen MR) is 162 cm³/mol. The van der Waals surface area contributed by atoms with E-state index in [0.29, 0.717) is 0 Å². The van der Waals surface area contributed by atoms with Crippen LogP contribution in [-0.4, -0.2) is 8.07 Å². The summed E-state index contributed by atoms with van der Waals surface area (Å²) in [6, 6.07) is 32.7. The van der Waals surface area contributed by atoms with Gasteiger partial charge in [0.05, 0.1) is 0 Å². The van der Waals surface area contributed by atoms with E-state index >= 15 is 0 Å². The Morgan fingerprint density at radius 1 is 0.561 bits per heavy atom. The van der Waals surface area contributed by atoms with E-state index in [1.807, 2.05) is 0 Å². The van der Waals surface area contributed by atoms with E-state index in [4.69, 9.17) is 0 Å². The summed E-state index contributed by atoms with van der Waals surface area (Å²) in [5.74, 6) is 0. The van der Waals surface area contributed by atoms with Crippen molar-refractivity contribution in [1.82, 2.24) is 0 Å². The molecule has 0 N–H and O–H groups in total. The maximum atomic E-state index is 2.61. The second-order valence-electron chi connectivity index (χ2n) is 11.5. The van der Waals surface area contributed by atoms with Gasteiger partial charge in [-0.2, -0.15) is 0 Å². The summed E-state index contributed by atoms with van der Waals surface area (Å²) in [5.41, 5.74) is 10.8. The third-order valence-corrected chi connectivity index (χ3v) is 15.1. The Bertz CT molecular complexity index is 1390. The van der Waals surface area contributed by atoms with Gasteiger partial charge in [-0.1, -0.05) is 0 Å². The van der Waals surface area contributed by atoms with E-state index in [0.717, 1.165) is 6.42 Å². The van der Waals surface area contributed by atoms with Crippen LogP contribution in [0.4, 0.5) is 0 Å². The van der Waals surface area contributed by atoms with Crippen LogP contribution in [0.5, 0.6) is 0 Å². The molecule has 5 heteroatoms. The molecule has 5 rings (SSSR count). The maximum Gasteiger partial charge on any atom is -1.00 e. The Labute approximate surface area is 278 Å². The van der Waals surface area contributed by atoms with E-state index in [2.05, 4.69) is 165 Å². The van der Waals surface area contributed by atoms with Crippen molar-refractivity contribution in [2.24, 2.45) is 0 Å². The fourth-order valence-electron chi connectivity index (χ4n) is 6.59. The first-order valence-corrected chi connectivity index (χ1v) is 16.3. The van der Waals surface area contributed by atoms with Crippen LogP contribution in [0.1, 0.15) is 38.9 Å². The van der Waals surface area contributed by atoms with Crippen molar-refractivity contribution < 1.29 is 57.7 Å². The Hall–Kier alpha value is -1.84. The van der Waals surface area contributed by atoms with E-state index in [-0.39, 0.29) is 40.6 Å². The molecule has 1 atom stereocenters. The van der Waals surface area contributed by atoms with Crippen molar-refractivity contribution in [2.75, 3.05) is 0 Å². The van der Waals surface area contributed by atoms with Crippen molar-refractivity contribution in [3.63, 3.8) is 0 Å². The summed E-state index contributed by atoms with van der Waals surface area (Å²) >= 11 is 2.50. The molecule has 0 aromatic heterocycles. The molecule has 1 aliphatic carbocycles. The largest absolute Gasteiger partial charge is 1.00 e. The maximum absolute atomic E-state index is 2.63. The monoisotopic (exact) mass is 650 g/mol. The van der Waals surface area contributed by atoms with Crippen molar-refractivity contribution in [3.8, 4) is 0 Å². The van der Waals surface area contributed by atoms with Gasteiger partial charge in [0.15, 0.2) is 0 Å². The Balaban J connectivity index is 0.00000196.